The van der Waals surface area contributed by atoms with E-state index in [0.717, 1.165) is 12.5 Å². The van der Waals surface area contributed by atoms with E-state index in [1.165, 1.54) is 54.6 Å². The second-order valence-electron chi connectivity index (χ2n) is 6.62. The Labute approximate surface area is 124 Å². The minimum atomic E-state index is 0.149. The number of hydrogen-bond donors (Lipinski definition) is 1. The van der Waals surface area contributed by atoms with Crippen LogP contribution in [0, 0.1) is 26.7 Å². The molecular weight excluding hydrogens is 244 g/mol. The smallest absolute Gasteiger partial charge is 0.0429 e. The summed E-state index contributed by atoms with van der Waals surface area (Å²) < 4.78 is 0. The second-order valence-corrected chi connectivity index (χ2v) is 6.62. The molecule has 1 aliphatic rings. The van der Waals surface area contributed by atoms with Crippen LogP contribution in [-0.2, 0) is 0 Å². The molecule has 1 aromatic rings. The van der Waals surface area contributed by atoms with Gasteiger partial charge in [0, 0.05) is 19.1 Å². The number of hydrogen-bond acceptors (Lipinski definition) is 2. The van der Waals surface area contributed by atoms with E-state index in [0.29, 0.717) is 0 Å². The van der Waals surface area contributed by atoms with E-state index < -0.39 is 0 Å². The van der Waals surface area contributed by atoms with Crippen molar-refractivity contribution < 1.29 is 0 Å². The summed E-state index contributed by atoms with van der Waals surface area (Å²) >= 11 is 0. The van der Waals surface area contributed by atoms with Crippen LogP contribution in [0.25, 0.3) is 0 Å². The molecule has 2 rings (SSSR count). The van der Waals surface area contributed by atoms with Crippen molar-refractivity contribution in [1.29, 1.82) is 0 Å². The van der Waals surface area contributed by atoms with Crippen LogP contribution in [0.1, 0.15) is 54.5 Å². The van der Waals surface area contributed by atoms with Crippen LogP contribution in [0.4, 0.5) is 0 Å². The Kier molecular flexibility index (Phi) is 5.22. The van der Waals surface area contributed by atoms with Gasteiger partial charge in [-0.05, 0) is 62.8 Å². The number of nitrogens with zero attached hydrogens (tertiary/aromatic N) is 1. The third-order valence-corrected chi connectivity index (χ3v) is 4.63. The Balaban J connectivity index is 2.01. The lowest BCUT2D eigenvalue weighted by atomic mass is 9.94. The topological polar surface area (TPSA) is 29.3 Å². The minimum absolute atomic E-state index is 0.149. The van der Waals surface area contributed by atoms with Crippen molar-refractivity contribution in [1.82, 2.24) is 4.90 Å². The SMILES string of the molecule is CCCC1CCN(CC(N)c2c(C)cc(C)cc2C)C1. The molecule has 2 heteroatoms. The monoisotopic (exact) mass is 274 g/mol. The first-order valence-corrected chi connectivity index (χ1v) is 8.07. The summed E-state index contributed by atoms with van der Waals surface area (Å²) in [6.45, 7) is 12.3. The number of benzene rings is 1. The molecule has 0 aliphatic carbocycles. The standard InChI is InChI=1S/C18H30N2/c1-5-6-16-7-8-20(11-16)12-17(19)18-14(3)9-13(2)10-15(18)4/h9-10,16-17H,5-8,11-12,19H2,1-4H3. The van der Waals surface area contributed by atoms with Crippen LogP contribution < -0.4 is 5.73 Å². The molecule has 2 unspecified atom stereocenters. The van der Waals surface area contributed by atoms with E-state index in [2.05, 4.69) is 44.7 Å². The first kappa shape index (κ1) is 15.5. The number of aryl methyl sites for hydroxylation is 3. The van der Waals surface area contributed by atoms with E-state index in [1.54, 1.807) is 0 Å². The summed E-state index contributed by atoms with van der Waals surface area (Å²) in [7, 11) is 0. The lowest BCUT2D eigenvalue weighted by molar-refractivity contribution is 0.300. The van der Waals surface area contributed by atoms with Crippen molar-refractivity contribution in [2.24, 2.45) is 11.7 Å². The fourth-order valence-corrected chi connectivity index (χ4v) is 3.87. The molecule has 1 aromatic carbocycles. The molecule has 2 N–H and O–H groups in total. The largest absolute Gasteiger partial charge is 0.323 e. The lowest BCUT2D eigenvalue weighted by Gasteiger charge is -2.24. The molecule has 1 fully saturated rings. The first-order chi connectivity index (χ1) is 9.51. The maximum Gasteiger partial charge on any atom is 0.0429 e. The van der Waals surface area contributed by atoms with Crippen LogP contribution in [-0.4, -0.2) is 24.5 Å². The third-order valence-electron chi connectivity index (χ3n) is 4.63. The van der Waals surface area contributed by atoms with Crippen molar-refractivity contribution in [3.8, 4) is 0 Å². The van der Waals surface area contributed by atoms with Crippen molar-refractivity contribution in [2.75, 3.05) is 19.6 Å². The van der Waals surface area contributed by atoms with Crippen molar-refractivity contribution in [3.05, 3.63) is 34.4 Å². The van der Waals surface area contributed by atoms with Crippen molar-refractivity contribution in [2.45, 2.75) is 53.0 Å². The average molecular weight is 274 g/mol. The molecule has 0 spiro atoms. The van der Waals surface area contributed by atoms with E-state index in [1.807, 2.05) is 0 Å². The zero-order chi connectivity index (χ0) is 14.7. The van der Waals surface area contributed by atoms with Crippen LogP contribution in [0.5, 0.6) is 0 Å². The van der Waals surface area contributed by atoms with Crippen LogP contribution in [0.2, 0.25) is 0 Å². The molecule has 0 amide bonds. The van der Waals surface area contributed by atoms with Gasteiger partial charge in [-0.25, -0.2) is 0 Å². The van der Waals surface area contributed by atoms with Crippen LogP contribution in [0.3, 0.4) is 0 Å². The fraction of sp³-hybridized carbons (Fsp3) is 0.667. The van der Waals surface area contributed by atoms with E-state index >= 15 is 0 Å². The third kappa shape index (κ3) is 3.62. The Morgan fingerprint density at radius 1 is 1.25 bits per heavy atom. The molecule has 1 heterocycles. The van der Waals surface area contributed by atoms with Gasteiger partial charge in [0.15, 0.2) is 0 Å². The molecule has 0 aromatic heterocycles. The predicted octanol–water partition coefficient (Wildman–Crippen LogP) is 3.73. The summed E-state index contributed by atoms with van der Waals surface area (Å²) in [5.74, 6) is 0.896. The van der Waals surface area contributed by atoms with Crippen LogP contribution in [0.15, 0.2) is 12.1 Å². The fourth-order valence-electron chi connectivity index (χ4n) is 3.87. The maximum atomic E-state index is 6.50. The highest BCUT2D eigenvalue weighted by atomic mass is 15.2. The summed E-state index contributed by atoms with van der Waals surface area (Å²) in [6.07, 6.45) is 4.03. The highest BCUT2D eigenvalue weighted by Crippen LogP contribution is 2.26. The number of rotatable bonds is 5. The summed E-state index contributed by atoms with van der Waals surface area (Å²) in [6, 6.07) is 4.66. The molecule has 1 saturated heterocycles. The highest BCUT2D eigenvalue weighted by Gasteiger charge is 2.24. The van der Waals surface area contributed by atoms with Gasteiger partial charge in [0.2, 0.25) is 0 Å². The molecule has 0 bridgehead atoms. The average Bonchev–Trinajstić information content (AvgIpc) is 2.75. The molecular formula is C18H30N2. The summed E-state index contributed by atoms with van der Waals surface area (Å²) in [4.78, 5) is 2.56. The van der Waals surface area contributed by atoms with Gasteiger partial charge in [0.25, 0.3) is 0 Å². The van der Waals surface area contributed by atoms with Gasteiger partial charge in [-0.2, -0.15) is 0 Å². The van der Waals surface area contributed by atoms with Crippen LogP contribution >= 0.6 is 0 Å². The van der Waals surface area contributed by atoms with E-state index in [9.17, 15) is 0 Å². The Hall–Kier alpha value is -0.860. The second kappa shape index (κ2) is 6.73. The number of likely N-dealkylation sites (tertiary alicyclic amines) is 1. The molecule has 1 aliphatic heterocycles. The van der Waals surface area contributed by atoms with Gasteiger partial charge in [0.1, 0.15) is 0 Å². The predicted molar refractivity (Wildman–Crippen MR) is 87.0 cm³/mol. The van der Waals surface area contributed by atoms with E-state index in [4.69, 9.17) is 5.73 Å². The lowest BCUT2D eigenvalue weighted by Crippen LogP contribution is -2.31. The van der Waals surface area contributed by atoms with Gasteiger partial charge in [-0.1, -0.05) is 31.0 Å². The van der Waals surface area contributed by atoms with Gasteiger partial charge in [0.05, 0.1) is 0 Å². The normalized spacial score (nSPS) is 21.4. The van der Waals surface area contributed by atoms with Gasteiger partial charge in [-0.15, -0.1) is 0 Å². The maximum absolute atomic E-state index is 6.50. The van der Waals surface area contributed by atoms with Gasteiger partial charge >= 0.3 is 0 Å². The Morgan fingerprint density at radius 3 is 2.50 bits per heavy atom. The number of nitrogens with two attached hydrogens (primary N) is 1. The molecule has 2 atom stereocenters. The van der Waals surface area contributed by atoms with Gasteiger partial charge in [-0.3, -0.25) is 0 Å². The van der Waals surface area contributed by atoms with Crippen molar-refractivity contribution >= 4 is 0 Å². The Bertz CT molecular complexity index is 430. The van der Waals surface area contributed by atoms with Crippen molar-refractivity contribution in [3.63, 3.8) is 0 Å². The molecule has 0 saturated carbocycles. The summed E-state index contributed by atoms with van der Waals surface area (Å²) in [5, 5.41) is 0. The Morgan fingerprint density at radius 2 is 1.90 bits per heavy atom. The first-order valence-electron chi connectivity index (χ1n) is 8.07. The molecule has 20 heavy (non-hydrogen) atoms. The van der Waals surface area contributed by atoms with E-state index in [-0.39, 0.29) is 6.04 Å². The molecule has 0 radical (unpaired) electrons. The highest BCUT2D eigenvalue weighted by molar-refractivity contribution is 5.39. The zero-order valence-electron chi connectivity index (χ0n) is 13.6. The zero-order valence-corrected chi connectivity index (χ0v) is 13.6. The van der Waals surface area contributed by atoms with Gasteiger partial charge < -0.3 is 10.6 Å². The molecule has 112 valence electrons. The minimum Gasteiger partial charge on any atom is -0.323 e. The molecule has 2 nitrogen and oxygen atoms in total. The quantitative estimate of drug-likeness (QED) is 0.886. The summed E-state index contributed by atoms with van der Waals surface area (Å²) in [5.41, 5.74) is 11.9.